The highest BCUT2D eigenvalue weighted by atomic mass is 79.9. The van der Waals surface area contributed by atoms with Gasteiger partial charge in [0.05, 0.1) is 5.02 Å². The lowest BCUT2D eigenvalue weighted by Crippen LogP contribution is -2.50. The molecule has 0 aliphatic rings. The molecular weight excluding hydrogens is 438 g/mol. The van der Waals surface area contributed by atoms with Gasteiger partial charge in [-0.15, -0.1) is 0 Å². The molecule has 1 amide bonds. The van der Waals surface area contributed by atoms with Crippen LogP contribution in [0.4, 0.5) is 0 Å². The molecule has 0 unspecified atom stereocenters. The van der Waals surface area contributed by atoms with Gasteiger partial charge < -0.3 is 10.1 Å². The summed E-state index contributed by atoms with van der Waals surface area (Å²) in [5, 5.41) is 3.79. The summed E-state index contributed by atoms with van der Waals surface area (Å²) in [5.41, 5.74) is 6.38. The summed E-state index contributed by atoms with van der Waals surface area (Å²) in [6, 6.07) is 15.2. The van der Waals surface area contributed by atoms with Gasteiger partial charge in [0.15, 0.2) is 11.2 Å². The van der Waals surface area contributed by atoms with Crippen molar-refractivity contribution in [1.82, 2.24) is 16.2 Å². The summed E-state index contributed by atoms with van der Waals surface area (Å²) in [4.78, 5) is 12.1. The summed E-state index contributed by atoms with van der Waals surface area (Å²) in [5.74, 6) is 0.0669. The van der Waals surface area contributed by atoms with E-state index in [1.165, 1.54) is 5.56 Å². The molecule has 2 aromatic rings. The van der Waals surface area contributed by atoms with E-state index in [2.05, 4.69) is 32.1 Å². The third-order valence-corrected chi connectivity index (χ3v) is 4.44. The van der Waals surface area contributed by atoms with Crippen LogP contribution in [0.3, 0.4) is 0 Å². The van der Waals surface area contributed by atoms with Gasteiger partial charge in [-0.25, -0.2) is 0 Å². The van der Waals surface area contributed by atoms with Crippen LogP contribution in [0.5, 0.6) is 5.75 Å². The number of halogens is 2. The van der Waals surface area contributed by atoms with Crippen LogP contribution in [0.1, 0.15) is 12.5 Å². The standard InChI is InChI=1S/C18H19BrClN3O2S/c1-12(25-16-8-7-14(19)11-15(16)20)17(24)22-23-18(26)21-10-9-13-5-3-2-4-6-13/h2-8,11-12H,9-10H2,1H3,(H,22,24)(H2,21,23,26)/t12-/m0/s1. The summed E-state index contributed by atoms with van der Waals surface area (Å²) in [6.45, 7) is 2.29. The van der Waals surface area contributed by atoms with Gasteiger partial charge in [-0.3, -0.25) is 15.6 Å². The third kappa shape index (κ3) is 6.82. The van der Waals surface area contributed by atoms with E-state index in [0.29, 0.717) is 22.4 Å². The van der Waals surface area contributed by atoms with E-state index in [0.717, 1.165) is 10.9 Å². The molecule has 0 radical (unpaired) electrons. The number of amides is 1. The van der Waals surface area contributed by atoms with Crippen LogP contribution in [0.2, 0.25) is 5.02 Å². The number of carbonyl (C=O) groups is 1. The van der Waals surface area contributed by atoms with Crippen molar-refractivity contribution in [2.24, 2.45) is 0 Å². The molecule has 0 bridgehead atoms. The van der Waals surface area contributed by atoms with Crippen molar-refractivity contribution in [2.45, 2.75) is 19.4 Å². The average molecular weight is 457 g/mol. The van der Waals surface area contributed by atoms with Crippen LogP contribution in [0.25, 0.3) is 0 Å². The summed E-state index contributed by atoms with van der Waals surface area (Å²) in [7, 11) is 0. The Morgan fingerprint density at radius 3 is 2.65 bits per heavy atom. The largest absolute Gasteiger partial charge is 0.479 e. The molecule has 0 saturated heterocycles. The number of carbonyl (C=O) groups excluding carboxylic acids is 1. The molecule has 0 fully saturated rings. The lowest BCUT2D eigenvalue weighted by atomic mass is 10.1. The second kappa shape index (κ2) is 10.4. The number of hydrogen-bond donors (Lipinski definition) is 3. The van der Waals surface area contributed by atoms with Crippen LogP contribution in [0.15, 0.2) is 53.0 Å². The average Bonchev–Trinajstić information content (AvgIpc) is 2.63. The molecule has 0 spiro atoms. The van der Waals surface area contributed by atoms with Crippen LogP contribution < -0.4 is 20.9 Å². The predicted molar refractivity (Wildman–Crippen MR) is 111 cm³/mol. The van der Waals surface area contributed by atoms with E-state index in [4.69, 9.17) is 28.6 Å². The third-order valence-electron chi connectivity index (χ3n) is 3.41. The van der Waals surface area contributed by atoms with Crippen LogP contribution in [-0.4, -0.2) is 23.7 Å². The number of hydrazine groups is 1. The van der Waals surface area contributed by atoms with Crippen LogP contribution in [-0.2, 0) is 11.2 Å². The molecule has 0 aliphatic heterocycles. The first-order valence-electron chi connectivity index (χ1n) is 7.95. The molecule has 26 heavy (non-hydrogen) atoms. The number of benzene rings is 2. The second-order valence-electron chi connectivity index (χ2n) is 5.44. The van der Waals surface area contributed by atoms with Gasteiger partial charge in [-0.1, -0.05) is 57.9 Å². The zero-order chi connectivity index (χ0) is 18.9. The Labute approximate surface area is 171 Å². The van der Waals surface area contributed by atoms with Gasteiger partial charge in [-0.05, 0) is 49.3 Å². The van der Waals surface area contributed by atoms with E-state index in [1.54, 1.807) is 25.1 Å². The van der Waals surface area contributed by atoms with Gasteiger partial charge in [-0.2, -0.15) is 0 Å². The lowest BCUT2D eigenvalue weighted by molar-refractivity contribution is -0.127. The smallest absolute Gasteiger partial charge is 0.279 e. The Hall–Kier alpha value is -1.83. The van der Waals surface area contributed by atoms with E-state index >= 15 is 0 Å². The number of nitrogens with one attached hydrogen (secondary N) is 3. The van der Waals surface area contributed by atoms with Gasteiger partial charge in [0, 0.05) is 11.0 Å². The van der Waals surface area contributed by atoms with E-state index in [-0.39, 0.29) is 5.91 Å². The Balaban J connectivity index is 1.70. The molecule has 8 heteroatoms. The minimum absolute atomic E-state index is 0.336. The molecule has 138 valence electrons. The molecule has 3 N–H and O–H groups in total. The normalized spacial score (nSPS) is 11.3. The maximum atomic E-state index is 12.1. The number of thiocarbonyl (C=S) groups is 1. The van der Waals surface area contributed by atoms with Gasteiger partial charge >= 0.3 is 0 Å². The predicted octanol–water partition coefficient (Wildman–Crippen LogP) is 3.61. The van der Waals surface area contributed by atoms with E-state index < -0.39 is 6.10 Å². The fourth-order valence-electron chi connectivity index (χ4n) is 2.04. The molecular formula is C18H19BrClN3O2S. The van der Waals surface area contributed by atoms with E-state index in [9.17, 15) is 4.79 Å². The van der Waals surface area contributed by atoms with Crippen LogP contribution in [0, 0.1) is 0 Å². The molecule has 0 aliphatic carbocycles. The molecule has 2 rings (SSSR count). The maximum Gasteiger partial charge on any atom is 0.279 e. The SMILES string of the molecule is C[C@H](Oc1ccc(Br)cc1Cl)C(=O)NNC(=S)NCCc1ccccc1. The number of rotatable bonds is 6. The molecule has 5 nitrogen and oxygen atoms in total. The summed E-state index contributed by atoms with van der Waals surface area (Å²) >= 11 is 14.5. The summed E-state index contributed by atoms with van der Waals surface area (Å²) < 4.78 is 6.40. The summed E-state index contributed by atoms with van der Waals surface area (Å²) in [6.07, 6.45) is 0.0892. The zero-order valence-electron chi connectivity index (χ0n) is 14.1. The Morgan fingerprint density at radius 2 is 1.96 bits per heavy atom. The topological polar surface area (TPSA) is 62.4 Å². The minimum Gasteiger partial charge on any atom is -0.479 e. The minimum atomic E-state index is -0.742. The Kier molecular flexibility index (Phi) is 8.15. The molecule has 0 saturated carbocycles. The van der Waals surface area contributed by atoms with Gasteiger partial charge in [0.1, 0.15) is 5.75 Å². The van der Waals surface area contributed by atoms with Crippen molar-refractivity contribution in [3.05, 3.63) is 63.6 Å². The number of ether oxygens (including phenoxy) is 1. The quantitative estimate of drug-likeness (QED) is 0.458. The van der Waals surface area contributed by atoms with Crippen molar-refractivity contribution in [3.8, 4) is 5.75 Å². The maximum absolute atomic E-state index is 12.1. The van der Waals surface area contributed by atoms with Crippen LogP contribution >= 0.6 is 39.7 Å². The number of hydrogen-bond acceptors (Lipinski definition) is 3. The fourth-order valence-corrected chi connectivity index (χ4v) is 2.92. The van der Waals surface area contributed by atoms with Crippen molar-refractivity contribution in [1.29, 1.82) is 0 Å². The highest BCUT2D eigenvalue weighted by Gasteiger charge is 2.16. The molecule has 0 heterocycles. The Morgan fingerprint density at radius 1 is 1.23 bits per heavy atom. The highest BCUT2D eigenvalue weighted by molar-refractivity contribution is 9.10. The van der Waals surface area contributed by atoms with Crippen molar-refractivity contribution in [3.63, 3.8) is 0 Å². The highest BCUT2D eigenvalue weighted by Crippen LogP contribution is 2.28. The molecule has 2 aromatic carbocycles. The monoisotopic (exact) mass is 455 g/mol. The second-order valence-corrected chi connectivity index (χ2v) is 7.17. The van der Waals surface area contributed by atoms with Crippen molar-refractivity contribution >= 4 is 50.8 Å². The van der Waals surface area contributed by atoms with Crippen molar-refractivity contribution in [2.75, 3.05) is 6.54 Å². The lowest BCUT2D eigenvalue weighted by Gasteiger charge is -2.17. The molecule has 0 aromatic heterocycles. The Bertz CT molecular complexity index is 761. The van der Waals surface area contributed by atoms with Gasteiger partial charge in [0.25, 0.3) is 5.91 Å². The first-order chi connectivity index (χ1) is 12.5. The van der Waals surface area contributed by atoms with Gasteiger partial charge in [0.2, 0.25) is 0 Å². The zero-order valence-corrected chi connectivity index (χ0v) is 17.2. The fraction of sp³-hybridized carbons (Fsp3) is 0.222. The van der Waals surface area contributed by atoms with Crippen molar-refractivity contribution < 1.29 is 9.53 Å². The van der Waals surface area contributed by atoms with E-state index in [1.807, 2.05) is 30.3 Å². The first-order valence-corrected chi connectivity index (χ1v) is 9.53. The first kappa shape index (κ1) is 20.5. The molecule has 1 atom stereocenters.